The monoisotopic (exact) mass is 304 g/mol. The van der Waals surface area contributed by atoms with Crippen LogP contribution in [-0.2, 0) is 0 Å². The van der Waals surface area contributed by atoms with Crippen LogP contribution in [0, 0.1) is 0 Å². The number of aliphatic hydroxyl groups is 1. The van der Waals surface area contributed by atoms with Crippen molar-refractivity contribution in [3.05, 3.63) is 33.8 Å². The van der Waals surface area contributed by atoms with Crippen molar-refractivity contribution in [3.63, 3.8) is 0 Å². The van der Waals surface area contributed by atoms with Gasteiger partial charge >= 0.3 is 6.03 Å². The van der Waals surface area contributed by atoms with Crippen molar-refractivity contribution in [2.45, 2.75) is 32.4 Å². The molecule has 0 saturated carbocycles. The van der Waals surface area contributed by atoms with E-state index in [-0.39, 0.29) is 24.7 Å². The Morgan fingerprint density at radius 2 is 2.00 bits per heavy atom. The Kier molecular flexibility index (Phi) is 6.42. The largest absolute Gasteiger partial charge is 0.394 e. The molecule has 4 nitrogen and oxygen atoms in total. The van der Waals surface area contributed by atoms with Gasteiger partial charge in [0.05, 0.1) is 28.7 Å². The molecule has 19 heavy (non-hydrogen) atoms. The minimum Gasteiger partial charge on any atom is -0.394 e. The zero-order chi connectivity index (χ0) is 14.4. The zero-order valence-electron chi connectivity index (χ0n) is 10.9. The molecule has 1 rings (SSSR count). The van der Waals surface area contributed by atoms with Crippen LogP contribution in [0.5, 0.6) is 0 Å². The Labute approximate surface area is 123 Å². The summed E-state index contributed by atoms with van der Waals surface area (Å²) in [6, 6.07) is 4.46. The van der Waals surface area contributed by atoms with E-state index in [9.17, 15) is 4.79 Å². The molecule has 2 unspecified atom stereocenters. The van der Waals surface area contributed by atoms with Gasteiger partial charge in [0.1, 0.15) is 0 Å². The van der Waals surface area contributed by atoms with E-state index in [1.54, 1.807) is 12.1 Å². The molecule has 1 aromatic rings. The van der Waals surface area contributed by atoms with Crippen molar-refractivity contribution < 1.29 is 9.90 Å². The summed E-state index contributed by atoms with van der Waals surface area (Å²) in [6.45, 7) is 3.66. The van der Waals surface area contributed by atoms with Crippen molar-refractivity contribution in [1.29, 1.82) is 0 Å². The number of hydrogen-bond donors (Lipinski definition) is 3. The van der Waals surface area contributed by atoms with Gasteiger partial charge in [-0.05, 0) is 31.0 Å². The topological polar surface area (TPSA) is 61.4 Å². The summed E-state index contributed by atoms with van der Waals surface area (Å²) in [5.41, 5.74) is 0.863. The van der Waals surface area contributed by atoms with E-state index in [0.29, 0.717) is 16.5 Å². The van der Waals surface area contributed by atoms with Crippen LogP contribution in [-0.4, -0.2) is 23.8 Å². The highest BCUT2D eigenvalue weighted by molar-refractivity contribution is 6.42. The van der Waals surface area contributed by atoms with Gasteiger partial charge in [-0.15, -0.1) is 0 Å². The highest BCUT2D eigenvalue weighted by Crippen LogP contribution is 2.25. The number of carbonyl (C=O) groups is 1. The van der Waals surface area contributed by atoms with E-state index < -0.39 is 0 Å². The first-order valence-electron chi connectivity index (χ1n) is 6.10. The molecule has 0 fully saturated rings. The Hall–Kier alpha value is -0.970. The van der Waals surface area contributed by atoms with Crippen LogP contribution in [0.15, 0.2) is 18.2 Å². The van der Waals surface area contributed by atoms with Crippen LogP contribution in [0.1, 0.15) is 31.9 Å². The van der Waals surface area contributed by atoms with E-state index in [4.69, 9.17) is 28.3 Å². The normalized spacial score (nSPS) is 13.7. The Bertz CT molecular complexity index is 437. The lowest BCUT2D eigenvalue weighted by Crippen LogP contribution is -2.44. The molecule has 0 aliphatic heterocycles. The third kappa shape index (κ3) is 4.90. The summed E-state index contributed by atoms with van der Waals surface area (Å²) in [7, 11) is 0. The summed E-state index contributed by atoms with van der Waals surface area (Å²) >= 11 is 11.8. The van der Waals surface area contributed by atoms with E-state index in [1.165, 1.54) is 0 Å². The summed E-state index contributed by atoms with van der Waals surface area (Å²) in [5.74, 6) is 0. The number of halogens is 2. The summed E-state index contributed by atoms with van der Waals surface area (Å²) in [4.78, 5) is 11.7. The van der Waals surface area contributed by atoms with E-state index in [0.717, 1.165) is 5.56 Å². The minimum absolute atomic E-state index is 0.0783. The third-order valence-corrected chi connectivity index (χ3v) is 3.58. The smallest absolute Gasteiger partial charge is 0.315 e. The van der Waals surface area contributed by atoms with Crippen molar-refractivity contribution >= 4 is 29.2 Å². The molecule has 1 aromatic carbocycles. The fraction of sp³-hybridized carbons (Fsp3) is 0.462. The maximum Gasteiger partial charge on any atom is 0.315 e. The molecule has 2 atom stereocenters. The maximum absolute atomic E-state index is 11.7. The Balaban J connectivity index is 2.61. The number of urea groups is 1. The van der Waals surface area contributed by atoms with Crippen LogP contribution in [0.4, 0.5) is 4.79 Å². The molecule has 0 bridgehead atoms. The van der Waals surface area contributed by atoms with Gasteiger partial charge in [0.25, 0.3) is 0 Å². The molecule has 0 saturated heterocycles. The lowest BCUT2D eigenvalue weighted by Gasteiger charge is -2.19. The number of carbonyl (C=O) groups excluding carboxylic acids is 1. The van der Waals surface area contributed by atoms with Gasteiger partial charge < -0.3 is 15.7 Å². The van der Waals surface area contributed by atoms with Gasteiger partial charge in [0, 0.05) is 0 Å². The minimum atomic E-state index is -0.320. The maximum atomic E-state index is 11.7. The molecule has 6 heteroatoms. The van der Waals surface area contributed by atoms with Crippen LogP contribution in [0.25, 0.3) is 0 Å². The SMILES string of the molecule is CCC(CO)NC(=O)NC(C)c1ccc(Cl)c(Cl)c1. The lowest BCUT2D eigenvalue weighted by atomic mass is 10.1. The second-order valence-electron chi connectivity index (χ2n) is 4.30. The molecule has 0 aliphatic rings. The number of rotatable bonds is 5. The second kappa shape index (κ2) is 7.58. The van der Waals surface area contributed by atoms with Crippen molar-refractivity contribution in [2.75, 3.05) is 6.61 Å². The van der Waals surface area contributed by atoms with Crippen molar-refractivity contribution in [3.8, 4) is 0 Å². The predicted octanol–water partition coefficient (Wildman–Crippen LogP) is 3.12. The summed E-state index contributed by atoms with van der Waals surface area (Å²) < 4.78 is 0. The number of aliphatic hydroxyl groups excluding tert-OH is 1. The van der Waals surface area contributed by atoms with Crippen molar-refractivity contribution in [2.24, 2.45) is 0 Å². The number of benzene rings is 1. The number of hydrogen-bond acceptors (Lipinski definition) is 2. The molecular formula is C13H18Cl2N2O2. The molecular weight excluding hydrogens is 287 g/mol. The van der Waals surface area contributed by atoms with Crippen LogP contribution >= 0.6 is 23.2 Å². The molecule has 0 aromatic heterocycles. The molecule has 0 spiro atoms. The van der Waals surface area contributed by atoms with Gasteiger partial charge in [-0.2, -0.15) is 0 Å². The highest BCUT2D eigenvalue weighted by atomic mass is 35.5. The van der Waals surface area contributed by atoms with Crippen LogP contribution in [0.3, 0.4) is 0 Å². The summed E-state index contributed by atoms with van der Waals surface area (Å²) in [6.07, 6.45) is 0.672. The van der Waals surface area contributed by atoms with E-state index in [1.807, 2.05) is 19.9 Å². The molecule has 2 amide bonds. The van der Waals surface area contributed by atoms with Gasteiger partial charge in [0.2, 0.25) is 0 Å². The molecule has 3 N–H and O–H groups in total. The van der Waals surface area contributed by atoms with Gasteiger partial charge in [0.15, 0.2) is 0 Å². The van der Waals surface area contributed by atoms with Crippen molar-refractivity contribution in [1.82, 2.24) is 10.6 Å². The van der Waals surface area contributed by atoms with Gasteiger partial charge in [-0.1, -0.05) is 36.2 Å². The Morgan fingerprint density at radius 3 is 2.53 bits per heavy atom. The van der Waals surface area contributed by atoms with Gasteiger partial charge in [-0.3, -0.25) is 0 Å². The Morgan fingerprint density at radius 1 is 1.32 bits per heavy atom. The van der Waals surface area contributed by atoms with Crippen LogP contribution < -0.4 is 10.6 Å². The molecule has 0 radical (unpaired) electrons. The average molecular weight is 305 g/mol. The van der Waals surface area contributed by atoms with Crippen LogP contribution in [0.2, 0.25) is 10.0 Å². The second-order valence-corrected chi connectivity index (χ2v) is 5.12. The molecule has 0 aliphatic carbocycles. The first kappa shape index (κ1) is 16.1. The predicted molar refractivity (Wildman–Crippen MR) is 77.7 cm³/mol. The highest BCUT2D eigenvalue weighted by Gasteiger charge is 2.13. The van der Waals surface area contributed by atoms with E-state index in [2.05, 4.69) is 10.6 Å². The standard InChI is InChI=1S/C13H18Cl2N2O2/c1-3-10(7-18)17-13(19)16-8(2)9-4-5-11(14)12(15)6-9/h4-6,8,10,18H,3,7H2,1-2H3,(H2,16,17,19). The zero-order valence-corrected chi connectivity index (χ0v) is 12.4. The molecule has 106 valence electrons. The lowest BCUT2D eigenvalue weighted by molar-refractivity contribution is 0.212. The third-order valence-electron chi connectivity index (χ3n) is 2.84. The fourth-order valence-corrected chi connectivity index (χ4v) is 1.87. The quantitative estimate of drug-likeness (QED) is 0.782. The number of amides is 2. The van der Waals surface area contributed by atoms with Gasteiger partial charge in [-0.25, -0.2) is 4.79 Å². The fourth-order valence-electron chi connectivity index (χ4n) is 1.57. The first-order valence-corrected chi connectivity index (χ1v) is 6.86. The summed E-state index contributed by atoms with van der Waals surface area (Å²) in [5, 5.41) is 15.4. The average Bonchev–Trinajstić information content (AvgIpc) is 2.38. The molecule has 0 heterocycles. The first-order chi connectivity index (χ1) is 8.97. The van der Waals surface area contributed by atoms with E-state index >= 15 is 0 Å². The number of nitrogens with one attached hydrogen (secondary N) is 2.